The number of rotatable bonds is 5. The molecule has 2 rings (SSSR count). The Kier molecular flexibility index (Phi) is 4.74. The van der Waals surface area contributed by atoms with Crippen LogP contribution < -0.4 is 10.6 Å². The largest absolute Gasteiger partial charge is 0.480 e. The first-order valence-electron chi connectivity index (χ1n) is 6.98. The van der Waals surface area contributed by atoms with E-state index in [2.05, 4.69) is 10.6 Å². The zero-order valence-corrected chi connectivity index (χ0v) is 11.6. The molecule has 0 bridgehead atoms. The molecule has 3 N–H and O–H groups in total. The highest BCUT2D eigenvalue weighted by atomic mass is 16.4. The summed E-state index contributed by atoms with van der Waals surface area (Å²) in [5.41, 5.74) is 2.75. The van der Waals surface area contributed by atoms with E-state index < -0.39 is 12.0 Å². The number of amides is 1. The van der Waals surface area contributed by atoms with E-state index in [1.54, 1.807) is 6.07 Å². The third-order valence-corrected chi connectivity index (χ3v) is 3.57. The summed E-state index contributed by atoms with van der Waals surface area (Å²) in [7, 11) is 0. The zero-order chi connectivity index (χ0) is 14.5. The molecule has 0 aliphatic carbocycles. The van der Waals surface area contributed by atoms with E-state index in [4.69, 9.17) is 5.11 Å². The summed E-state index contributed by atoms with van der Waals surface area (Å²) in [6.45, 7) is 3.50. The maximum atomic E-state index is 12.3. The Morgan fingerprint density at radius 1 is 1.45 bits per heavy atom. The van der Waals surface area contributed by atoms with Gasteiger partial charge >= 0.3 is 5.97 Å². The SMILES string of the molecule is CCC[C@@H](NC(=O)c1cccc2c1CCNC2)C(=O)O. The van der Waals surface area contributed by atoms with Gasteiger partial charge < -0.3 is 15.7 Å². The third-order valence-electron chi connectivity index (χ3n) is 3.57. The fraction of sp³-hybridized carbons (Fsp3) is 0.467. The number of carboxylic acids is 1. The molecule has 1 aromatic rings. The van der Waals surface area contributed by atoms with Gasteiger partial charge in [0, 0.05) is 12.1 Å². The van der Waals surface area contributed by atoms with Crippen LogP contribution in [-0.4, -0.2) is 29.6 Å². The van der Waals surface area contributed by atoms with Gasteiger partial charge in [-0.3, -0.25) is 4.79 Å². The van der Waals surface area contributed by atoms with Crippen LogP contribution in [0, 0.1) is 0 Å². The Hall–Kier alpha value is -1.88. The second-order valence-corrected chi connectivity index (χ2v) is 5.02. The number of hydrogen-bond acceptors (Lipinski definition) is 3. The first-order valence-corrected chi connectivity index (χ1v) is 6.98. The first-order chi connectivity index (χ1) is 9.63. The minimum atomic E-state index is -0.980. The van der Waals surface area contributed by atoms with Crippen molar-refractivity contribution < 1.29 is 14.7 Å². The van der Waals surface area contributed by atoms with E-state index in [-0.39, 0.29) is 5.91 Å². The molecular weight excluding hydrogens is 256 g/mol. The summed E-state index contributed by atoms with van der Waals surface area (Å²) in [6, 6.07) is 4.80. The molecule has 108 valence electrons. The van der Waals surface area contributed by atoms with Crippen LogP contribution in [0.4, 0.5) is 0 Å². The lowest BCUT2D eigenvalue weighted by Crippen LogP contribution is -2.41. The van der Waals surface area contributed by atoms with Crippen molar-refractivity contribution in [1.82, 2.24) is 10.6 Å². The highest BCUT2D eigenvalue weighted by molar-refractivity contribution is 5.98. The fourth-order valence-corrected chi connectivity index (χ4v) is 2.53. The molecule has 1 heterocycles. The van der Waals surface area contributed by atoms with Crippen LogP contribution in [-0.2, 0) is 17.8 Å². The number of benzene rings is 1. The Bertz CT molecular complexity index is 514. The Morgan fingerprint density at radius 3 is 2.95 bits per heavy atom. The average molecular weight is 276 g/mol. The van der Waals surface area contributed by atoms with Crippen molar-refractivity contribution in [2.45, 2.75) is 38.8 Å². The zero-order valence-electron chi connectivity index (χ0n) is 11.6. The van der Waals surface area contributed by atoms with Gasteiger partial charge in [0.05, 0.1) is 0 Å². The molecule has 1 amide bonds. The van der Waals surface area contributed by atoms with Gasteiger partial charge in [-0.05, 0) is 36.6 Å². The van der Waals surface area contributed by atoms with Gasteiger partial charge in [0.15, 0.2) is 0 Å². The van der Waals surface area contributed by atoms with E-state index in [1.807, 2.05) is 19.1 Å². The Balaban J connectivity index is 2.19. The van der Waals surface area contributed by atoms with Crippen molar-refractivity contribution in [1.29, 1.82) is 0 Å². The highest BCUT2D eigenvalue weighted by Gasteiger charge is 2.22. The predicted octanol–water partition coefficient (Wildman–Crippen LogP) is 1.32. The van der Waals surface area contributed by atoms with Crippen LogP contribution in [0.25, 0.3) is 0 Å². The van der Waals surface area contributed by atoms with Gasteiger partial charge in [-0.2, -0.15) is 0 Å². The van der Waals surface area contributed by atoms with E-state index in [1.165, 1.54) is 0 Å². The molecule has 5 nitrogen and oxygen atoms in total. The summed E-state index contributed by atoms with van der Waals surface area (Å²) in [5.74, 6) is -1.27. The van der Waals surface area contributed by atoms with Crippen LogP contribution in [0.15, 0.2) is 18.2 Å². The van der Waals surface area contributed by atoms with Crippen LogP contribution in [0.5, 0.6) is 0 Å². The predicted molar refractivity (Wildman–Crippen MR) is 75.7 cm³/mol. The van der Waals surface area contributed by atoms with E-state index in [9.17, 15) is 9.59 Å². The number of fused-ring (bicyclic) bond motifs is 1. The minimum Gasteiger partial charge on any atom is -0.480 e. The van der Waals surface area contributed by atoms with Crippen molar-refractivity contribution in [2.24, 2.45) is 0 Å². The lowest BCUT2D eigenvalue weighted by molar-refractivity contribution is -0.139. The van der Waals surface area contributed by atoms with Crippen molar-refractivity contribution in [2.75, 3.05) is 6.54 Å². The van der Waals surface area contributed by atoms with Gasteiger partial charge in [-0.15, -0.1) is 0 Å². The molecule has 1 aromatic carbocycles. The van der Waals surface area contributed by atoms with Gasteiger partial charge in [0.1, 0.15) is 6.04 Å². The molecule has 0 radical (unpaired) electrons. The summed E-state index contributed by atoms with van der Waals surface area (Å²) in [5, 5.41) is 15.0. The van der Waals surface area contributed by atoms with Crippen LogP contribution >= 0.6 is 0 Å². The molecule has 1 aliphatic rings. The lowest BCUT2D eigenvalue weighted by Gasteiger charge is -2.21. The van der Waals surface area contributed by atoms with Gasteiger partial charge in [-0.25, -0.2) is 4.79 Å². The maximum Gasteiger partial charge on any atom is 0.326 e. The third kappa shape index (κ3) is 3.17. The normalized spacial score (nSPS) is 15.2. The molecule has 20 heavy (non-hydrogen) atoms. The smallest absolute Gasteiger partial charge is 0.326 e. The molecule has 1 atom stereocenters. The van der Waals surface area contributed by atoms with E-state index >= 15 is 0 Å². The number of carbonyl (C=O) groups is 2. The standard InChI is InChI=1S/C15H20N2O3/c1-2-4-13(15(19)20)17-14(18)12-6-3-5-10-9-16-8-7-11(10)12/h3,5-6,13,16H,2,4,7-9H2,1H3,(H,17,18)(H,19,20)/t13-/m1/s1. The quantitative estimate of drug-likeness (QED) is 0.758. The molecule has 0 saturated heterocycles. The molecule has 0 unspecified atom stereocenters. The average Bonchev–Trinajstić information content (AvgIpc) is 2.46. The number of carboxylic acid groups (broad SMARTS) is 1. The maximum absolute atomic E-state index is 12.3. The lowest BCUT2D eigenvalue weighted by atomic mass is 9.95. The number of hydrogen-bond donors (Lipinski definition) is 3. The summed E-state index contributed by atoms with van der Waals surface area (Å²) >= 11 is 0. The fourth-order valence-electron chi connectivity index (χ4n) is 2.53. The summed E-state index contributed by atoms with van der Waals surface area (Å²) in [6.07, 6.45) is 1.95. The van der Waals surface area contributed by atoms with Crippen LogP contribution in [0.2, 0.25) is 0 Å². The number of carbonyl (C=O) groups excluding carboxylic acids is 1. The van der Waals surface area contributed by atoms with Crippen LogP contribution in [0.3, 0.4) is 0 Å². The van der Waals surface area contributed by atoms with Gasteiger partial charge in [-0.1, -0.05) is 25.5 Å². The minimum absolute atomic E-state index is 0.287. The summed E-state index contributed by atoms with van der Waals surface area (Å²) in [4.78, 5) is 23.4. The Morgan fingerprint density at radius 2 is 2.25 bits per heavy atom. The molecular formula is C15H20N2O3. The first kappa shape index (κ1) is 14.5. The van der Waals surface area contributed by atoms with Crippen molar-refractivity contribution in [3.05, 3.63) is 34.9 Å². The van der Waals surface area contributed by atoms with Gasteiger partial charge in [0.2, 0.25) is 0 Å². The molecule has 0 saturated carbocycles. The van der Waals surface area contributed by atoms with Crippen molar-refractivity contribution in [3.63, 3.8) is 0 Å². The number of aliphatic carboxylic acids is 1. The van der Waals surface area contributed by atoms with Crippen molar-refractivity contribution >= 4 is 11.9 Å². The molecule has 1 aliphatic heterocycles. The number of nitrogens with one attached hydrogen (secondary N) is 2. The second-order valence-electron chi connectivity index (χ2n) is 5.02. The monoisotopic (exact) mass is 276 g/mol. The molecule has 0 spiro atoms. The van der Waals surface area contributed by atoms with E-state index in [0.717, 1.165) is 30.6 Å². The molecule has 0 fully saturated rings. The van der Waals surface area contributed by atoms with Crippen LogP contribution in [0.1, 0.15) is 41.3 Å². The highest BCUT2D eigenvalue weighted by Crippen LogP contribution is 2.18. The topological polar surface area (TPSA) is 78.4 Å². The molecule has 0 aromatic heterocycles. The van der Waals surface area contributed by atoms with E-state index in [0.29, 0.717) is 18.4 Å². The second kappa shape index (κ2) is 6.52. The van der Waals surface area contributed by atoms with Gasteiger partial charge in [0.25, 0.3) is 5.91 Å². The summed E-state index contributed by atoms with van der Waals surface area (Å²) < 4.78 is 0. The Labute approximate surface area is 118 Å². The van der Waals surface area contributed by atoms with Crippen molar-refractivity contribution in [3.8, 4) is 0 Å². The molecule has 5 heteroatoms.